The Morgan fingerprint density at radius 2 is 2.00 bits per heavy atom. The van der Waals surface area contributed by atoms with Crippen LogP contribution in [0.2, 0.25) is 5.02 Å². The van der Waals surface area contributed by atoms with Gasteiger partial charge in [0.25, 0.3) is 0 Å². The molecule has 0 bridgehead atoms. The van der Waals surface area contributed by atoms with Gasteiger partial charge in [0.15, 0.2) is 0 Å². The number of aliphatic hydroxyl groups excluding tert-OH is 2. The Labute approximate surface area is 75.7 Å². The Hall–Kier alpha value is -0.990. The first kappa shape index (κ1) is 9.10. The molecule has 12 heavy (non-hydrogen) atoms. The fourth-order valence-electron chi connectivity index (χ4n) is 0.876. The van der Waals surface area contributed by atoms with E-state index in [1.807, 2.05) is 0 Å². The van der Waals surface area contributed by atoms with Gasteiger partial charge in [0, 0.05) is 10.6 Å². The summed E-state index contributed by atoms with van der Waals surface area (Å²) in [6, 6.07) is 6.75. The van der Waals surface area contributed by atoms with Crippen LogP contribution >= 0.6 is 11.6 Å². The summed E-state index contributed by atoms with van der Waals surface area (Å²) in [4.78, 5) is 0. The lowest BCUT2D eigenvalue weighted by Crippen LogP contribution is -2.00. The summed E-state index contributed by atoms with van der Waals surface area (Å²) in [5, 5.41) is 18.7. The van der Waals surface area contributed by atoms with Gasteiger partial charge in [-0.15, -0.1) is 0 Å². The van der Waals surface area contributed by atoms with Crippen LogP contribution in [0.3, 0.4) is 0 Å². The molecule has 3 heteroatoms. The molecule has 0 amide bonds. The third-order valence-electron chi connectivity index (χ3n) is 1.52. The maximum Gasteiger partial charge on any atom is 0.137 e. The van der Waals surface area contributed by atoms with Gasteiger partial charge in [0.05, 0.1) is 0 Å². The highest BCUT2D eigenvalue weighted by molar-refractivity contribution is 6.31. The quantitative estimate of drug-likeness (QED) is 0.694. The minimum absolute atomic E-state index is 0.303. The molecule has 0 radical (unpaired) electrons. The van der Waals surface area contributed by atoms with Gasteiger partial charge in [-0.25, -0.2) is 0 Å². The van der Waals surface area contributed by atoms with Gasteiger partial charge in [-0.2, -0.15) is 0 Å². The second-order valence-corrected chi connectivity index (χ2v) is 2.82. The molecule has 0 aliphatic carbocycles. The first-order valence-corrected chi connectivity index (χ1v) is 3.81. The minimum Gasteiger partial charge on any atom is -0.510 e. The van der Waals surface area contributed by atoms with Crippen molar-refractivity contribution in [2.24, 2.45) is 0 Å². The van der Waals surface area contributed by atoms with Gasteiger partial charge >= 0.3 is 0 Å². The SMILES string of the molecule is C=C(O)C(O)c1ccccc1Cl. The second-order valence-electron chi connectivity index (χ2n) is 2.42. The van der Waals surface area contributed by atoms with Crippen molar-refractivity contribution < 1.29 is 10.2 Å². The molecule has 0 heterocycles. The molecule has 0 aliphatic heterocycles. The van der Waals surface area contributed by atoms with E-state index in [4.69, 9.17) is 16.7 Å². The molecule has 0 fully saturated rings. The van der Waals surface area contributed by atoms with E-state index >= 15 is 0 Å². The van der Waals surface area contributed by atoms with Crippen LogP contribution in [0.25, 0.3) is 0 Å². The zero-order chi connectivity index (χ0) is 9.14. The maximum atomic E-state index is 9.34. The lowest BCUT2D eigenvalue weighted by Gasteiger charge is -2.10. The van der Waals surface area contributed by atoms with Crippen LogP contribution in [-0.2, 0) is 0 Å². The molecule has 2 nitrogen and oxygen atoms in total. The third kappa shape index (κ3) is 1.78. The second kappa shape index (κ2) is 3.61. The van der Waals surface area contributed by atoms with Crippen molar-refractivity contribution in [2.45, 2.75) is 6.10 Å². The van der Waals surface area contributed by atoms with E-state index in [1.165, 1.54) is 0 Å². The minimum atomic E-state index is -1.10. The summed E-state index contributed by atoms with van der Waals surface area (Å²) in [7, 11) is 0. The molecule has 2 N–H and O–H groups in total. The van der Waals surface area contributed by atoms with Gasteiger partial charge < -0.3 is 10.2 Å². The molecular formula is C9H9ClO2. The summed E-state index contributed by atoms with van der Waals surface area (Å²) in [6.07, 6.45) is -1.10. The Balaban J connectivity index is 3.02. The zero-order valence-electron chi connectivity index (χ0n) is 6.37. The summed E-state index contributed by atoms with van der Waals surface area (Å²) < 4.78 is 0. The topological polar surface area (TPSA) is 40.5 Å². The average molecular weight is 185 g/mol. The van der Waals surface area contributed by atoms with Gasteiger partial charge in [-0.1, -0.05) is 36.4 Å². The molecule has 0 aromatic heterocycles. The fourth-order valence-corrected chi connectivity index (χ4v) is 1.12. The van der Waals surface area contributed by atoms with Crippen LogP contribution in [0, 0.1) is 0 Å². The van der Waals surface area contributed by atoms with E-state index in [0.29, 0.717) is 10.6 Å². The Morgan fingerprint density at radius 1 is 1.42 bits per heavy atom. The first-order valence-electron chi connectivity index (χ1n) is 3.43. The van der Waals surface area contributed by atoms with E-state index in [9.17, 15) is 5.11 Å². The fraction of sp³-hybridized carbons (Fsp3) is 0.111. The van der Waals surface area contributed by atoms with Crippen molar-refractivity contribution in [1.82, 2.24) is 0 Å². The van der Waals surface area contributed by atoms with Crippen LogP contribution in [0.15, 0.2) is 36.6 Å². The van der Waals surface area contributed by atoms with E-state index in [-0.39, 0.29) is 5.76 Å². The molecule has 0 saturated carbocycles. The summed E-state index contributed by atoms with van der Waals surface area (Å²) in [5.41, 5.74) is 0.465. The Kier molecular flexibility index (Phi) is 2.74. The maximum absolute atomic E-state index is 9.34. The predicted octanol–water partition coefficient (Wildman–Crippen LogP) is 2.45. The normalized spacial score (nSPS) is 12.5. The number of rotatable bonds is 2. The van der Waals surface area contributed by atoms with Crippen molar-refractivity contribution in [3.63, 3.8) is 0 Å². The monoisotopic (exact) mass is 184 g/mol. The number of hydrogen-bond acceptors (Lipinski definition) is 2. The molecule has 1 aromatic carbocycles. The van der Waals surface area contributed by atoms with Crippen molar-refractivity contribution in [3.05, 3.63) is 47.2 Å². The van der Waals surface area contributed by atoms with Crippen LogP contribution in [0.1, 0.15) is 11.7 Å². The van der Waals surface area contributed by atoms with Gasteiger partial charge in [0.1, 0.15) is 11.9 Å². The lowest BCUT2D eigenvalue weighted by atomic mass is 10.1. The molecular weight excluding hydrogens is 176 g/mol. The van der Waals surface area contributed by atoms with E-state index < -0.39 is 6.10 Å². The molecule has 1 unspecified atom stereocenters. The van der Waals surface area contributed by atoms with Crippen LogP contribution < -0.4 is 0 Å². The van der Waals surface area contributed by atoms with Crippen LogP contribution in [-0.4, -0.2) is 10.2 Å². The molecule has 0 aliphatic rings. The van der Waals surface area contributed by atoms with Gasteiger partial charge in [0.2, 0.25) is 0 Å². The van der Waals surface area contributed by atoms with E-state index in [0.717, 1.165) is 0 Å². The molecule has 0 saturated heterocycles. The van der Waals surface area contributed by atoms with E-state index in [1.54, 1.807) is 24.3 Å². The highest BCUT2D eigenvalue weighted by Gasteiger charge is 2.12. The zero-order valence-corrected chi connectivity index (χ0v) is 7.12. The summed E-state index contributed by atoms with van der Waals surface area (Å²) in [5.74, 6) is -0.303. The number of benzene rings is 1. The van der Waals surface area contributed by atoms with Crippen molar-refractivity contribution in [3.8, 4) is 0 Å². The highest BCUT2D eigenvalue weighted by Crippen LogP contribution is 2.25. The standard InChI is InChI=1S/C9H9ClO2/c1-6(11)9(12)7-4-2-3-5-8(7)10/h2-5,9,11-12H,1H2. The third-order valence-corrected chi connectivity index (χ3v) is 1.86. The Morgan fingerprint density at radius 3 is 2.50 bits per heavy atom. The number of aliphatic hydroxyl groups is 2. The average Bonchev–Trinajstić information content (AvgIpc) is 2.04. The van der Waals surface area contributed by atoms with Crippen molar-refractivity contribution >= 4 is 11.6 Å². The van der Waals surface area contributed by atoms with Crippen molar-refractivity contribution in [1.29, 1.82) is 0 Å². The summed E-state index contributed by atoms with van der Waals surface area (Å²) in [6.45, 7) is 3.22. The van der Waals surface area contributed by atoms with Crippen LogP contribution in [0.5, 0.6) is 0 Å². The van der Waals surface area contributed by atoms with Gasteiger partial charge in [-0.3, -0.25) is 0 Å². The lowest BCUT2D eigenvalue weighted by molar-refractivity contribution is 0.156. The molecule has 1 atom stereocenters. The highest BCUT2D eigenvalue weighted by atomic mass is 35.5. The van der Waals surface area contributed by atoms with Crippen LogP contribution in [0.4, 0.5) is 0 Å². The molecule has 64 valence electrons. The van der Waals surface area contributed by atoms with E-state index in [2.05, 4.69) is 6.58 Å². The number of hydrogen-bond donors (Lipinski definition) is 2. The summed E-state index contributed by atoms with van der Waals surface area (Å²) >= 11 is 5.75. The number of halogens is 1. The molecule has 0 spiro atoms. The van der Waals surface area contributed by atoms with Crippen molar-refractivity contribution in [2.75, 3.05) is 0 Å². The predicted molar refractivity (Wildman–Crippen MR) is 48.2 cm³/mol. The Bertz CT molecular complexity index is 296. The molecule has 1 aromatic rings. The largest absolute Gasteiger partial charge is 0.510 e. The van der Waals surface area contributed by atoms with Gasteiger partial charge in [-0.05, 0) is 6.07 Å². The smallest absolute Gasteiger partial charge is 0.137 e. The molecule has 1 rings (SSSR count). The first-order chi connectivity index (χ1) is 5.63.